The van der Waals surface area contributed by atoms with E-state index in [0.29, 0.717) is 0 Å². The van der Waals surface area contributed by atoms with Crippen LogP contribution >= 0.6 is 0 Å². The van der Waals surface area contributed by atoms with Crippen molar-refractivity contribution in [3.05, 3.63) is 29.3 Å². The van der Waals surface area contributed by atoms with E-state index in [2.05, 4.69) is 36.9 Å². The van der Waals surface area contributed by atoms with Gasteiger partial charge >= 0.3 is 0 Å². The first-order chi connectivity index (χ1) is 7.45. The molecule has 1 aliphatic rings. The molecule has 16 heavy (non-hydrogen) atoms. The van der Waals surface area contributed by atoms with Gasteiger partial charge in [-0.2, -0.15) is 0 Å². The third-order valence-corrected chi connectivity index (χ3v) is 3.62. The highest BCUT2D eigenvalue weighted by molar-refractivity contribution is 5.62. The van der Waals surface area contributed by atoms with Crippen molar-refractivity contribution in [2.45, 2.75) is 45.8 Å². The van der Waals surface area contributed by atoms with Gasteiger partial charge in [-0.15, -0.1) is 0 Å². The quantitative estimate of drug-likeness (QED) is 0.826. The van der Waals surface area contributed by atoms with Crippen LogP contribution in [0, 0.1) is 6.92 Å². The van der Waals surface area contributed by atoms with Crippen molar-refractivity contribution >= 4 is 5.69 Å². The van der Waals surface area contributed by atoms with Gasteiger partial charge in [0.1, 0.15) is 0 Å². The number of hydrogen-bond acceptors (Lipinski definition) is 2. The van der Waals surface area contributed by atoms with E-state index < -0.39 is 5.60 Å². The van der Waals surface area contributed by atoms with Crippen molar-refractivity contribution in [2.24, 2.45) is 0 Å². The molecule has 1 aliphatic heterocycles. The first-order valence-corrected chi connectivity index (χ1v) is 6.02. The number of hydrogen-bond donors (Lipinski definition) is 1. The van der Waals surface area contributed by atoms with E-state index in [-0.39, 0.29) is 6.04 Å². The lowest BCUT2D eigenvalue weighted by Gasteiger charge is -2.34. The fraction of sp³-hybridized carbons (Fsp3) is 0.571. The molecule has 1 unspecified atom stereocenters. The predicted octanol–water partition coefficient (Wildman–Crippen LogP) is 2.52. The highest BCUT2D eigenvalue weighted by Crippen LogP contribution is 2.37. The molecule has 1 aromatic carbocycles. The number of anilines is 1. The largest absolute Gasteiger partial charge is 0.388 e. The molecule has 2 nitrogen and oxygen atoms in total. The summed E-state index contributed by atoms with van der Waals surface area (Å²) in [4.78, 5) is 2.32. The fourth-order valence-electron chi connectivity index (χ4n) is 2.71. The number of aryl methyl sites for hydroxylation is 1. The summed E-state index contributed by atoms with van der Waals surface area (Å²) in [5.41, 5.74) is 3.38. The monoisotopic (exact) mass is 219 g/mol. The van der Waals surface area contributed by atoms with Crippen LogP contribution in [-0.4, -0.2) is 23.3 Å². The first-order valence-electron chi connectivity index (χ1n) is 6.02. The van der Waals surface area contributed by atoms with Crippen molar-refractivity contribution in [1.29, 1.82) is 0 Å². The van der Waals surface area contributed by atoms with Crippen molar-refractivity contribution < 1.29 is 5.11 Å². The van der Waals surface area contributed by atoms with E-state index in [9.17, 15) is 5.11 Å². The summed E-state index contributed by atoms with van der Waals surface area (Å²) in [6.07, 6.45) is 0.958. The molecule has 1 aromatic rings. The number of nitrogens with zero attached hydrogens (tertiary/aromatic N) is 1. The van der Waals surface area contributed by atoms with Gasteiger partial charge in [0, 0.05) is 12.2 Å². The van der Waals surface area contributed by atoms with Crippen LogP contribution in [0.2, 0.25) is 0 Å². The van der Waals surface area contributed by atoms with Gasteiger partial charge in [-0.05, 0) is 51.3 Å². The lowest BCUT2D eigenvalue weighted by atomic mass is 9.94. The Labute approximate surface area is 97.9 Å². The van der Waals surface area contributed by atoms with Crippen LogP contribution in [0.15, 0.2) is 18.2 Å². The van der Waals surface area contributed by atoms with Gasteiger partial charge in [0.2, 0.25) is 0 Å². The number of aliphatic hydroxyl groups is 1. The standard InChI is InChI=1S/C14H21NO/c1-5-15-12-8-6-7-10(2)11(12)9-13(15)14(3,4)16/h6-8,13,16H,5,9H2,1-4H3. The second kappa shape index (κ2) is 3.77. The maximum absolute atomic E-state index is 10.2. The van der Waals surface area contributed by atoms with Crippen LogP contribution < -0.4 is 4.90 Å². The summed E-state index contributed by atoms with van der Waals surface area (Å²) < 4.78 is 0. The van der Waals surface area contributed by atoms with Crippen molar-refractivity contribution in [2.75, 3.05) is 11.4 Å². The summed E-state index contributed by atoms with van der Waals surface area (Å²) in [5.74, 6) is 0. The summed E-state index contributed by atoms with van der Waals surface area (Å²) >= 11 is 0. The van der Waals surface area contributed by atoms with E-state index in [1.165, 1.54) is 16.8 Å². The molecule has 0 saturated carbocycles. The zero-order valence-electron chi connectivity index (χ0n) is 10.6. The first kappa shape index (κ1) is 11.5. The van der Waals surface area contributed by atoms with Gasteiger partial charge in [0.05, 0.1) is 11.6 Å². The summed E-state index contributed by atoms with van der Waals surface area (Å²) in [5, 5.41) is 10.2. The fourth-order valence-corrected chi connectivity index (χ4v) is 2.71. The zero-order valence-corrected chi connectivity index (χ0v) is 10.6. The minimum absolute atomic E-state index is 0.202. The minimum Gasteiger partial charge on any atom is -0.388 e. The molecule has 0 spiro atoms. The molecule has 1 heterocycles. The average molecular weight is 219 g/mol. The van der Waals surface area contributed by atoms with Gasteiger partial charge in [-0.3, -0.25) is 0 Å². The topological polar surface area (TPSA) is 23.5 Å². The van der Waals surface area contributed by atoms with E-state index in [1.54, 1.807) is 0 Å². The van der Waals surface area contributed by atoms with E-state index in [0.717, 1.165) is 13.0 Å². The lowest BCUT2D eigenvalue weighted by Crippen LogP contribution is -2.47. The predicted molar refractivity (Wildman–Crippen MR) is 68.0 cm³/mol. The molecule has 0 aromatic heterocycles. The maximum atomic E-state index is 10.2. The van der Waals surface area contributed by atoms with Crippen LogP contribution in [0.4, 0.5) is 5.69 Å². The Kier molecular flexibility index (Phi) is 2.70. The zero-order chi connectivity index (χ0) is 11.9. The molecular formula is C14H21NO. The third kappa shape index (κ3) is 1.71. The molecule has 1 N–H and O–H groups in total. The Bertz CT molecular complexity index is 392. The molecule has 0 saturated heterocycles. The highest BCUT2D eigenvalue weighted by atomic mass is 16.3. The molecule has 0 fully saturated rings. The Hall–Kier alpha value is -1.02. The van der Waals surface area contributed by atoms with E-state index in [1.807, 2.05) is 13.8 Å². The lowest BCUT2D eigenvalue weighted by molar-refractivity contribution is 0.0520. The molecule has 88 valence electrons. The second-order valence-corrected chi connectivity index (χ2v) is 5.23. The Morgan fingerprint density at radius 1 is 1.44 bits per heavy atom. The average Bonchev–Trinajstić information content (AvgIpc) is 2.57. The number of rotatable bonds is 2. The van der Waals surface area contributed by atoms with E-state index in [4.69, 9.17) is 0 Å². The van der Waals surface area contributed by atoms with Crippen LogP contribution in [0.5, 0.6) is 0 Å². The van der Waals surface area contributed by atoms with Gasteiger partial charge in [-0.25, -0.2) is 0 Å². The van der Waals surface area contributed by atoms with Crippen molar-refractivity contribution in [3.63, 3.8) is 0 Å². The SMILES string of the molecule is CCN1c2cccc(C)c2CC1C(C)(C)O. The third-order valence-electron chi connectivity index (χ3n) is 3.62. The number of fused-ring (bicyclic) bond motifs is 1. The maximum Gasteiger partial charge on any atom is 0.0797 e. The van der Waals surface area contributed by atoms with Gasteiger partial charge in [0.25, 0.3) is 0 Å². The molecule has 0 radical (unpaired) electrons. The minimum atomic E-state index is -0.651. The summed E-state index contributed by atoms with van der Waals surface area (Å²) in [6, 6.07) is 6.62. The molecule has 2 heteroatoms. The van der Waals surface area contributed by atoms with Gasteiger partial charge < -0.3 is 10.0 Å². The smallest absolute Gasteiger partial charge is 0.0797 e. The van der Waals surface area contributed by atoms with Crippen LogP contribution in [0.25, 0.3) is 0 Å². The van der Waals surface area contributed by atoms with E-state index >= 15 is 0 Å². The van der Waals surface area contributed by atoms with Crippen LogP contribution in [0.3, 0.4) is 0 Å². The van der Waals surface area contributed by atoms with Crippen molar-refractivity contribution in [3.8, 4) is 0 Å². The molecule has 0 amide bonds. The Morgan fingerprint density at radius 3 is 2.69 bits per heavy atom. The Morgan fingerprint density at radius 2 is 2.12 bits per heavy atom. The van der Waals surface area contributed by atoms with Crippen LogP contribution in [-0.2, 0) is 6.42 Å². The number of benzene rings is 1. The second-order valence-electron chi connectivity index (χ2n) is 5.23. The highest BCUT2D eigenvalue weighted by Gasteiger charge is 2.38. The van der Waals surface area contributed by atoms with Gasteiger partial charge in [-0.1, -0.05) is 12.1 Å². The molecule has 0 aliphatic carbocycles. The Balaban J connectivity index is 2.44. The normalized spacial score (nSPS) is 20.1. The molecule has 2 rings (SSSR count). The summed E-state index contributed by atoms with van der Waals surface area (Å²) in [7, 11) is 0. The molecule has 0 bridgehead atoms. The molecular weight excluding hydrogens is 198 g/mol. The summed E-state index contributed by atoms with van der Waals surface area (Å²) in [6.45, 7) is 9.06. The molecule has 1 atom stereocenters. The van der Waals surface area contributed by atoms with Crippen LogP contribution in [0.1, 0.15) is 31.9 Å². The number of likely N-dealkylation sites (N-methyl/N-ethyl adjacent to an activating group) is 1. The van der Waals surface area contributed by atoms with Crippen molar-refractivity contribution in [1.82, 2.24) is 0 Å². The van der Waals surface area contributed by atoms with Gasteiger partial charge in [0.15, 0.2) is 0 Å².